The van der Waals surface area contributed by atoms with Gasteiger partial charge in [-0.3, -0.25) is 9.59 Å². The minimum absolute atomic E-state index is 0.00948. The third-order valence-corrected chi connectivity index (χ3v) is 10.0. The van der Waals surface area contributed by atoms with E-state index in [1.807, 2.05) is 28.0 Å². The molecule has 1 fully saturated rings. The Kier molecular flexibility index (Phi) is 12.3. The Balaban J connectivity index is 1.47. The maximum Gasteiger partial charge on any atom is 0.254 e. The third kappa shape index (κ3) is 7.77. The first-order valence-corrected chi connectivity index (χ1v) is 18.4. The first-order valence-electron chi connectivity index (χ1n) is 18.4. The molecule has 3 aliphatic rings. The minimum Gasteiger partial charge on any atom is -0.456 e. The van der Waals surface area contributed by atoms with Crippen LogP contribution in [0, 0.1) is 0 Å². The van der Waals surface area contributed by atoms with Crippen molar-refractivity contribution in [3.8, 4) is 22.5 Å². The number of benzene rings is 3. The van der Waals surface area contributed by atoms with Gasteiger partial charge in [-0.2, -0.15) is 0 Å². The zero-order chi connectivity index (χ0) is 34.0. The molecule has 0 atom stereocenters. The fraction of sp³-hybridized carbons (Fsp3) is 0.488. The number of hydrogen-bond acceptors (Lipinski definition) is 4. The Morgan fingerprint density at radius 1 is 0.750 bits per heavy atom. The van der Waals surface area contributed by atoms with E-state index < -0.39 is 0 Å². The number of fused-ring (bicyclic) bond motifs is 2. The minimum atomic E-state index is 0.00948. The summed E-state index contributed by atoms with van der Waals surface area (Å²) in [7, 11) is 0. The lowest BCUT2D eigenvalue weighted by atomic mass is 9.90. The van der Waals surface area contributed by atoms with Gasteiger partial charge in [-0.25, -0.2) is 4.58 Å². The Hall–Kier alpha value is -4.13. The molecule has 0 bridgehead atoms. The molecule has 2 aromatic rings. The molecule has 2 aromatic carbocycles. The average molecular weight is 652 g/mol. The summed E-state index contributed by atoms with van der Waals surface area (Å²) in [6, 6.07) is 20.9. The summed E-state index contributed by atoms with van der Waals surface area (Å²) in [5, 5.41) is 2.11. The summed E-state index contributed by atoms with van der Waals surface area (Å²) in [5.74, 6) is 1.03. The first-order chi connectivity index (χ1) is 23.4. The molecule has 5 rings (SSSR count). The van der Waals surface area contributed by atoms with E-state index in [0.717, 1.165) is 83.5 Å². The smallest absolute Gasteiger partial charge is 0.254 e. The van der Waals surface area contributed by atoms with Crippen molar-refractivity contribution >= 4 is 28.5 Å². The van der Waals surface area contributed by atoms with Gasteiger partial charge in [-0.15, -0.1) is 0 Å². The Morgan fingerprint density at radius 2 is 1.44 bits per heavy atom. The van der Waals surface area contributed by atoms with Gasteiger partial charge in [0.05, 0.1) is 6.07 Å². The van der Waals surface area contributed by atoms with E-state index in [2.05, 4.69) is 86.6 Å². The van der Waals surface area contributed by atoms with Gasteiger partial charge in [-0.1, -0.05) is 57.2 Å². The summed E-state index contributed by atoms with van der Waals surface area (Å²) in [6.07, 6.45) is 7.64. The predicted molar refractivity (Wildman–Crippen MR) is 199 cm³/mol. The highest BCUT2D eigenvalue weighted by molar-refractivity contribution is 6.09. The van der Waals surface area contributed by atoms with E-state index >= 15 is 0 Å². The predicted octanol–water partition coefficient (Wildman–Crippen LogP) is 7.90. The second-order valence-electron chi connectivity index (χ2n) is 12.9. The molecule has 48 heavy (non-hydrogen) atoms. The second-order valence-corrected chi connectivity index (χ2v) is 12.9. The van der Waals surface area contributed by atoms with Crippen LogP contribution < -0.4 is 14.8 Å². The molecule has 0 spiro atoms. The van der Waals surface area contributed by atoms with Crippen LogP contribution in [0.25, 0.3) is 33.4 Å². The van der Waals surface area contributed by atoms with Crippen molar-refractivity contribution in [3.05, 3.63) is 71.6 Å². The number of rotatable bonds is 14. The molecule has 7 heteroatoms. The molecule has 2 heterocycles. The van der Waals surface area contributed by atoms with E-state index in [1.54, 1.807) is 0 Å². The summed E-state index contributed by atoms with van der Waals surface area (Å²) < 4.78 is 9.01. The molecule has 7 nitrogen and oxygen atoms in total. The van der Waals surface area contributed by atoms with E-state index in [-0.39, 0.29) is 11.8 Å². The second kappa shape index (κ2) is 16.8. The van der Waals surface area contributed by atoms with Crippen molar-refractivity contribution in [3.63, 3.8) is 0 Å². The fourth-order valence-corrected chi connectivity index (χ4v) is 7.16. The molecule has 1 aliphatic carbocycles. The topological polar surface area (TPSA) is 60.0 Å². The Bertz CT molecular complexity index is 1720. The number of piperazine rings is 1. The number of unbranched alkanes of at least 4 members (excludes halogenated alkanes) is 5. The molecule has 256 valence electrons. The normalized spacial score (nSPS) is 13.4. The van der Waals surface area contributed by atoms with Gasteiger partial charge in [0, 0.05) is 85.6 Å². The number of nitrogens with zero attached hydrogens (tertiary/aromatic N) is 4. The fourth-order valence-electron chi connectivity index (χ4n) is 7.16. The molecule has 0 aromatic heterocycles. The van der Waals surface area contributed by atoms with Gasteiger partial charge in [0.2, 0.25) is 11.3 Å². The standard InChI is InChI=1S/C41H55N4O3/c1-6-11-12-13-14-15-20-39(46)44-25-27-45(28-26-44)41(47)34-19-17-16-18-33(34)40-35-23-21-31(42(7-2)8-3)29-37(35)48-38-30-32(22-24-36(38)40)43(9-4)10-5/h16-19,21-24,29-30H,6-15,20,25-28H2,1-5H3/q+1. The molecule has 1 saturated heterocycles. The van der Waals surface area contributed by atoms with Crippen LogP contribution in [0.2, 0.25) is 0 Å². The van der Waals surface area contributed by atoms with Crippen LogP contribution in [-0.2, 0) is 4.79 Å². The van der Waals surface area contributed by atoms with Gasteiger partial charge >= 0.3 is 0 Å². The van der Waals surface area contributed by atoms with Crippen LogP contribution in [0.3, 0.4) is 0 Å². The van der Waals surface area contributed by atoms with Crippen molar-refractivity contribution in [2.24, 2.45) is 0 Å². The Labute approximate surface area is 287 Å². The number of carbonyl (C=O) groups is 2. The maximum atomic E-state index is 14.3. The summed E-state index contributed by atoms with van der Waals surface area (Å²) in [6.45, 7) is 16.8. The Morgan fingerprint density at radius 3 is 2.15 bits per heavy atom. The van der Waals surface area contributed by atoms with Crippen LogP contribution in [0.1, 0.15) is 89.9 Å². The van der Waals surface area contributed by atoms with Gasteiger partial charge < -0.3 is 19.1 Å². The number of hydrogen-bond donors (Lipinski definition) is 0. The maximum absolute atomic E-state index is 14.3. The van der Waals surface area contributed by atoms with Crippen LogP contribution in [-0.4, -0.2) is 74.0 Å². The largest absolute Gasteiger partial charge is 0.456 e. The van der Waals surface area contributed by atoms with Crippen LogP contribution in [0.5, 0.6) is 0 Å². The lowest BCUT2D eigenvalue weighted by molar-refractivity contribution is -0.132. The summed E-state index contributed by atoms with van der Waals surface area (Å²) >= 11 is 0. The van der Waals surface area contributed by atoms with Crippen LogP contribution >= 0.6 is 0 Å². The van der Waals surface area contributed by atoms with Crippen LogP contribution in [0.15, 0.2) is 65.1 Å². The van der Waals surface area contributed by atoms with Gasteiger partial charge in [0.25, 0.3) is 5.91 Å². The van der Waals surface area contributed by atoms with Crippen molar-refractivity contribution < 1.29 is 14.0 Å². The summed E-state index contributed by atoms with van der Waals surface area (Å²) in [4.78, 5) is 33.4. The highest BCUT2D eigenvalue weighted by atomic mass is 16.3. The molecule has 0 radical (unpaired) electrons. The lowest BCUT2D eigenvalue weighted by Crippen LogP contribution is -2.50. The van der Waals surface area contributed by atoms with Crippen molar-refractivity contribution in [1.82, 2.24) is 14.4 Å². The average Bonchev–Trinajstić information content (AvgIpc) is 3.12. The van der Waals surface area contributed by atoms with Gasteiger partial charge in [0.1, 0.15) is 24.4 Å². The van der Waals surface area contributed by atoms with Gasteiger partial charge in [0.15, 0.2) is 0 Å². The third-order valence-electron chi connectivity index (χ3n) is 10.0. The molecule has 0 unspecified atom stereocenters. The van der Waals surface area contributed by atoms with Crippen molar-refractivity contribution in [1.29, 1.82) is 0 Å². The van der Waals surface area contributed by atoms with E-state index in [4.69, 9.17) is 4.42 Å². The van der Waals surface area contributed by atoms with E-state index in [9.17, 15) is 9.59 Å². The highest BCUT2D eigenvalue weighted by Crippen LogP contribution is 2.42. The SMILES string of the molecule is CCCCCCCCC(=O)N1CCN(C(=O)c2ccccc2-c2c3ccc(=[N+](CC)CC)cc-3oc3cc(N(CC)CC)ccc23)CC1. The zero-order valence-electron chi connectivity index (χ0n) is 29.9. The van der Waals surface area contributed by atoms with Crippen LogP contribution in [0.4, 0.5) is 5.69 Å². The molecule has 2 amide bonds. The lowest BCUT2D eigenvalue weighted by Gasteiger charge is -2.35. The molecular formula is C41H55N4O3+. The summed E-state index contributed by atoms with van der Waals surface area (Å²) in [5.41, 5.74) is 5.51. The highest BCUT2D eigenvalue weighted by Gasteiger charge is 2.28. The number of anilines is 1. The van der Waals surface area contributed by atoms with Gasteiger partial charge in [-0.05, 0) is 63.9 Å². The van der Waals surface area contributed by atoms with Crippen molar-refractivity contribution in [2.75, 3.05) is 57.3 Å². The zero-order valence-corrected chi connectivity index (χ0v) is 29.9. The quantitative estimate of drug-likeness (QED) is 0.0791. The van der Waals surface area contributed by atoms with Crippen molar-refractivity contribution in [2.45, 2.75) is 79.6 Å². The molecule has 0 saturated carbocycles. The van der Waals surface area contributed by atoms with E-state index in [1.165, 1.54) is 25.7 Å². The molecule has 2 aliphatic heterocycles. The number of carbonyl (C=O) groups excluding carboxylic acids is 2. The van der Waals surface area contributed by atoms with E-state index in [0.29, 0.717) is 38.2 Å². The number of amides is 2. The molecular weight excluding hydrogens is 596 g/mol. The molecule has 0 N–H and O–H groups in total. The first kappa shape index (κ1) is 35.2. The monoisotopic (exact) mass is 651 g/mol.